The molecule has 0 aromatic heterocycles. The maximum Gasteiger partial charge on any atom is 0.0453 e. The van der Waals surface area contributed by atoms with Gasteiger partial charge in [-0.05, 0) is 29.7 Å². The minimum atomic E-state index is 0.121. The van der Waals surface area contributed by atoms with Crippen molar-refractivity contribution in [3.05, 3.63) is 69.7 Å². The molecule has 3 heteroatoms. The van der Waals surface area contributed by atoms with E-state index in [4.69, 9.17) is 23.2 Å². The Morgan fingerprint density at radius 2 is 1.53 bits per heavy atom. The smallest absolute Gasteiger partial charge is 0.0453 e. The SMILES string of the molecule is Clc1cccc(Cl)c1CC1(c2ccccc2)CNC1. The van der Waals surface area contributed by atoms with Crippen molar-refractivity contribution in [2.45, 2.75) is 11.8 Å². The van der Waals surface area contributed by atoms with Crippen molar-refractivity contribution in [3.8, 4) is 0 Å². The van der Waals surface area contributed by atoms with Crippen molar-refractivity contribution in [2.75, 3.05) is 13.1 Å². The van der Waals surface area contributed by atoms with Crippen LogP contribution in [0.2, 0.25) is 10.0 Å². The van der Waals surface area contributed by atoms with E-state index < -0.39 is 0 Å². The molecule has 0 unspecified atom stereocenters. The summed E-state index contributed by atoms with van der Waals surface area (Å²) in [6.45, 7) is 1.94. The van der Waals surface area contributed by atoms with Crippen LogP contribution in [0, 0.1) is 0 Å². The van der Waals surface area contributed by atoms with E-state index in [9.17, 15) is 0 Å². The first-order valence-electron chi connectivity index (χ1n) is 6.40. The largest absolute Gasteiger partial charge is 0.315 e. The monoisotopic (exact) mass is 291 g/mol. The molecule has 0 spiro atoms. The highest BCUT2D eigenvalue weighted by Crippen LogP contribution is 2.36. The van der Waals surface area contributed by atoms with E-state index in [0.29, 0.717) is 0 Å². The average Bonchev–Trinajstić information content (AvgIpc) is 2.38. The van der Waals surface area contributed by atoms with Gasteiger partial charge in [0.05, 0.1) is 0 Å². The van der Waals surface area contributed by atoms with Gasteiger partial charge < -0.3 is 5.32 Å². The highest BCUT2D eigenvalue weighted by molar-refractivity contribution is 6.36. The second-order valence-electron chi connectivity index (χ2n) is 5.13. The van der Waals surface area contributed by atoms with Crippen LogP contribution in [-0.4, -0.2) is 13.1 Å². The Bertz CT molecular complexity index is 556. The Balaban J connectivity index is 1.97. The van der Waals surface area contributed by atoms with Gasteiger partial charge in [0.2, 0.25) is 0 Å². The van der Waals surface area contributed by atoms with Crippen LogP contribution in [0.1, 0.15) is 11.1 Å². The highest BCUT2D eigenvalue weighted by Gasteiger charge is 2.39. The summed E-state index contributed by atoms with van der Waals surface area (Å²) in [7, 11) is 0. The van der Waals surface area contributed by atoms with Gasteiger partial charge in [0.25, 0.3) is 0 Å². The zero-order valence-electron chi connectivity index (χ0n) is 10.5. The Morgan fingerprint density at radius 3 is 2.05 bits per heavy atom. The van der Waals surface area contributed by atoms with Gasteiger partial charge in [0.1, 0.15) is 0 Å². The van der Waals surface area contributed by atoms with E-state index in [1.54, 1.807) is 0 Å². The van der Waals surface area contributed by atoms with Crippen LogP contribution >= 0.6 is 23.2 Å². The molecule has 98 valence electrons. The lowest BCUT2D eigenvalue weighted by Gasteiger charge is -2.44. The van der Waals surface area contributed by atoms with Gasteiger partial charge in [0, 0.05) is 28.5 Å². The predicted octanol–water partition coefficient (Wildman–Crippen LogP) is 4.08. The molecule has 0 radical (unpaired) electrons. The number of nitrogens with one attached hydrogen (secondary N) is 1. The molecule has 1 aliphatic rings. The van der Waals surface area contributed by atoms with E-state index in [0.717, 1.165) is 35.1 Å². The van der Waals surface area contributed by atoms with Crippen LogP contribution in [0.5, 0.6) is 0 Å². The molecule has 1 heterocycles. The normalized spacial score (nSPS) is 16.9. The van der Waals surface area contributed by atoms with Gasteiger partial charge >= 0.3 is 0 Å². The summed E-state index contributed by atoms with van der Waals surface area (Å²) in [5, 5.41) is 4.89. The number of hydrogen-bond acceptors (Lipinski definition) is 1. The molecule has 0 saturated carbocycles. The van der Waals surface area contributed by atoms with Gasteiger partial charge in [-0.3, -0.25) is 0 Å². The minimum Gasteiger partial charge on any atom is -0.315 e. The third kappa shape index (κ3) is 2.38. The third-order valence-electron chi connectivity index (χ3n) is 3.89. The van der Waals surface area contributed by atoms with E-state index in [1.165, 1.54) is 5.56 Å². The Morgan fingerprint density at radius 1 is 0.895 bits per heavy atom. The highest BCUT2D eigenvalue weighted by atomic mass is 35.5. The molecule has 2 aromatic rings. The lowest BCUT2D eigenvalue weighted by molar-refractivity contribution is 0.275. The molecule has 3 rings (SSSR count). The zero-order chi connectivity index (χ0) is 13.3. The Labute approximate surface area is 123 Å². The molecule has 19 heavy (non-hydrogen) atoms. The predicted molar refractivity (Wildman–Crippen MR) is 81.2 cm³/mol. The first-order chi connectivity index (χ1) is 9.21. The molecule has 0 atom stereocenters. The fourth-order valence-corrected chi connectivity index (χ4v) is 3.22. The van der Waals surface area contributed by atoms with Crippen LogP contribution in [0.3, 0.4) is 0 Å². The lowest BCUT2D eigenvalue weighted by Crippen LogP contribution is -2.58. The minimum absolute atomic E-state index is 0.121. The van der Waals surface area contributed by atoms with Crippen LogP contribution < -0.4 is 5.32 Å². The molecule has 1 N–H and O–H groups in total. The third-order valence-corrected chi connectivity index (χ3v) is 4.60. The van der Waals surface area contributed by atoms with E-state index >= 15 is 0 Å². The second kappa shape index (κ2) is 5.16. The van der Waals surface area contributed by atoms with Crippen LogP contribution in [0.25, 0.3) is 0 Å². The summed E-state index contributed by atoms with van der Waals surface area (Å²) in [5.74, 6) is 0. The summed E-state index contributed by atoms with van der Waals surface area (Å²) in [6, 6.07) is 16.3. The van der Waals surface area contributed by atoms with Gasteiger partial charge in [-0.15, -0.1) is 0 Å². The maximum absolute atomic E-state index is 6.30. The van der Waals surface area contributed by atoms with Gasteiger partial charge in [-0.25, -0.2) is 0 Å². The fraction of sp³-hybridized carbons (Fsp3) is 0.250. The number of halogens is 2. The molecule has 0 aliphatic carbocycles. The topological polar surface area (TPSA) is 12.0 Å². The molecular formula is C16H15Cl2N. The Hall–Kier alpha value is -1.02. The van der Waals surface area contributed by atoms with E-state index in [-0.39, 0.29) is 5.41 Å². The summed E-state index contributed by atoms with van der Waals surface area (Å²) in [5.41, 5.74) is 2.52. The zero-order valence-corrected chi connectivity index (χ0v) is 12.0. The van der Waals surface area contributed by atoms with Crippen molar-refractivity contribution in [1.82, 2.24) is 5.32 Å². The molecule has 0 bridgehead atoms. The summed E-state index contributed by atoms with van der Waals surface area (Å²) in [6.07, 6.45) is 0.878. The first-order valence-corrected chi connectivity index (χ1v) is 7.16. The van der Waals surface area contributed by atoms with Gasteiger partial charge in [-0.2, -0.15) is 0 Å². The number of rotatable bonds is 3. The number of benzene rings is 2. The second-order valence-corrected chi connectivity index (χ2v) is 5.94. The van der Waals surface area contributed by atoms with E-state index in [2.05, 4.69) is 29.6 Å². The molecule has 2 aromatic carbocycles. The van der Waals surface area contributed by atoms with Crippen molar-refractivity contribution in [1.29, 1.82) is 0 Å². The summed E-state index contributed by atoms with van der Waals surface area (Å²) < 4.78 is 0. The average molecular weight is 292 g/mol. The molecule has 1 aliphatic heterocycles. The van der Waals surface area contributed by atoms with Gasteiger partial charge in [0.15, 0.2) is 0 Å². The quantitative estimate of drug-likeness (QED) is 0.899. The van der Waals surface area contributed by atoms with Crippen molar-refractivity contribution >= 4 is 23.2 Å². The van der Waals surface area contributed by atoms with Crippen molar-refractivity contribution in [3.63, 3.8) is 0 Å². The van der Waals surface area contributed by atoms with Crippen molar-refractivity contribution in [2.24, 2.45) is 0 Å². The molecular weight excluding hydrogens is 277 g/mol. The standard InChI is InChI=1S/C16H15Cl2N/c17-14-7-4-8-15(18)13(14)9-16(10-19-11-16)12-5-2-1-3-6-12/h1-8,19H,9-11H2. The molecule has 0 amide bonds. The maximum atomic E-state index is 6.30. The van der Waals surface area contributed by atoms with Crippen LogP contribution in [-0.2, 0) is 11.8 Å². The number of hydrogen-bond donors (Lipinski definition) is 1. The van der Waals surface area contributed by atoms with Crippen LogP contribution in [0.4, 0.5) is 0 Å². The van der Waals surface area contributed by atoms with Gasteiger partial charge in [-0.1, -0.05) is 59.6 Å². The van der Waals surface area contributed by atoms with E-state index in [1.807, 2.05) is 24.3 Å². The molecule has 1 nitrogen and oxygen atoms in total. The molecule has 1 saturated heterocycles. The van der Waals surface area contributed by atoms with Crippen LogP contribution in [0.15, 0.2) is 48.5 Å². The van der Waals surface area contributed by atoms with Crippen molar-refractivity contribution < 1.29 is 0 Å². The first kappa shape index (κ1) is 13.0. The summed E-state index contributed by atoms with van der Waals surface area (Å²) >= 11 is 12.6. The Kier molecular flexibility index (Phi) is 3.53. The summed E-state index contributed by atoms with van der Waals surface area (Å²) in [4.78, 5) is 0. The lowest BCUT2D eigenvalue weighted by atomic mass is 9.71. The fourth-order valence-electron chi connectivity index (χ4n) is 2.69. The molecule has 1 fully saturated rings.